The Morgan fingerprint density at radius 2 is 1.55 bits per heavy atom. The van der Waals surface area contributed by atoms with Crippen LogP contribution in [0.25, 0.3) is 11.1 Å². The molecule has 1 fully saturated rings. The fraction of sp³-hybridized carbons (Fsp3) is 0.447. The molecule has 0 aliphatic carbocycles. The van der Waals surface area contributed by atoms with Crippen molar-refractivity contribution >= 4 is 24.1 Å². The lowest BCUT2D eigenvalue weighted by Crippen LogP contribution is -2.58. The van der Waals surface area contributed by atoms with Crippen molar-refractivity contribution in [1.29, 1.82) is 0 Å². The van der Waals surface area contributed by atoms with Crippen molar-refractivity contribution in [2.45, 2.75) is 98.5 Å². The van der Waals surface area contributed by atoms with Gasteiger partial charge < -0.3 is 30.3 Å². The number of nitrogens with zero attached hydrogens (tertiary/aromatic N) is 5. The molecule has 4 aromatic rings. The van der Waals surface area contributed by atoms with Gasteiger partial charge in [0.25, 0.3) is 0 Å². The van der Waals surface area contributed by atoms with E-state index in [0.29, 0.717) is 26.1 Å². The smallest absolute Gasteiger partial charge is 0.417 e. The van der Waals surface area contributed by atoms with Crippen LogP contribution in [0.5, 0.6) is 0 Å². The summed E-state index contributed by atoms with van der Waals surface area (Å²) in [6.07, 6.45) is 2.13. The molecule has 2 aromatic heterocycles. The number of benzene rings is 2. The van der Waals surface area contributed by atoms with E-state index >= 15 is 0 Å². The van der Waals surface area contributed by atoms with Crippen molar-refractivity contribution in [2.24, 2.45) is 10.8 Å². The molecular formula is C47H61N7O6. The summed E-state index contributed by atoms with van der Waals surface area (Å²) in [5, 5.41) is 18.4. The lowest BCUT2D eigenvalue weighted by molar-refractivity contribution is -0.129. The fourth-order valence-electron chi connectivity index (χ4n) is 7.65. The van der Waals surface area contributed by atoms with Gasteiger partial charge in [-0.2, -0.15) is 0 Å². The topological polar surface area (TPSA) is 157 Å². The number of rotatable bonds is 15. The number of amides is 6. The standard InChI is InChI=1S/C47H61N7O6/c1-32-14-12-18-37(49-32)30-52-24-25-53(44(52)58)41(47(5,6)7)42(56)50-38(26-33-15-10-9-11-16-33)28-40(55)39(51-43(57)54(45(59)60-8)31-46(2,3)4)27-34-19-21-35(22-20-34)36-17-13-23-48-29-36/h9-23,29,38-41,55H,24-28,30-31H2,1-8H3,(H,50,56)(H,51,57). The highest BCUT2D eigenvalue weighted by molar-refractivity contribution is 5.91. The maximum absolute atomic E-state index is 14.6. The number of pyridine rings is 2. The van der Waals surface area contributed by atoms with E-state index in [1.54, 1.807) is 22.2 Å². The van der Waals surface area contributed by atoms with E-state index in [-0.39, 0.29) is 31.3 Å². The zero-order chi connectivity index (χ0) is 43.6. The average molecular weight is 820 g/mol. The van der Waals surface area contributed by atoms with Crippen molar-refractivity contribution in [1.82, 2.24) is 35.3 Å². The quantitative estimate of drug-likeness (QED) is 0.116. The van der Waals surface area contributed by atoms with Crippen molar-refractivity contribution in [3.63, 3.8) is 0 Å². The second-order valence-electron chi connectivity index (χ2n) is 18.0. The molecule has 4 unspecified atom stereocenters. The number of urea groups is 2. The normalized spacial score (nSPS) is 15.2. The minimum absolute atomic E-state index is 0.0484. The lowest BCUT2D eigenvalue weighted by atomic mass is 9.84. The number of aliphatic hydroxyl groups is 1. The van der Waals surface area contributed by atoms with Crippen LogP contribution < -0.4 is 10.6 Å². The molecule has 1 saturated heterocycles. The van der Waals surface area contributed by atoms with Crippen molar-refractivity contribution in [3.05, 3.63) is 120 Å². The van der Waals surface area contributed by atoms with Crippen LogP contribution in [0.4, 0.5) is 14.4 Å². The predicted octanol–water partition coefficient (Wildman–Crippen LogP) is 7.02. The fourth-order valence-corrected chi connectivity index (χ4v) is 7.65. The van der Waals surface area contributed by atoms with Crippen LogP contribution in [0, 0.1) is 17.8 Å². The van der Waals surface area contributed by atoms with E-state index in [2.05, 4.69) is 20.6 Å². The zero-order valence-electron chi connectivity index (χ0n) is 36.2. The largest absolute Gasteiger partial charge is 0.452 e. The minimum atomic E-state index is -1.19. The van der Waals surface area contributed by atoms with Crippen LogP contribution in [-0.4, -0.2) is 105 Å². The predicted molar refractivity (Wildman–Crippen MR) is 232 cm³/mol. The summed E-state index contributed by atoms with van der Waals surface area (Å²) in [5.74, 6) is -0.340. The number of carbonyl (C=O) groups is 4. The van der Waals surface area contributed by atoms with Crippen molar-refractivity contribution in [2.75, 3.05) is 26.7 Å². The van der Waals surface area contributed by atoms with Crippen LogP contribution >= 0.6 is 0 Å². The number of carbonyl (C=O) groups excluding carboxylic acids is 4. The summed E-state index contributed by atoms with van der Waals surface area (Å²) in [6, 6.07) is 23.7. The second kappa shape index (κ2) is 20.0. The summed E-state index contributed by atoms with van der Waals surface area (Å²) in [6.45, 7) is 14.7. The first-order valence-corrected chi connectivity index (χ1v) is 20.6. The maximum atomic E-state index is 14.6. The molecule has 1 aliphatic rings. The number of aromatic nitrogens is 2. The third kappa shape index (κ3) is 12.6. The minimum Gasteiger partial charge on any atom is -0.452 e. The third-order valence-corrected chi connectivity index (χ3v) is 10.5. The monoisotopic (exact) mass is 819 g/mol. The highest BCUT2D eigenvalue weighted by atomic mass is 16.5. The Kier molecular flexibility index (Phi) is 15.1. The molecule has 60 heavy (non-hydrogen) atoms. The number of nitrogens with one attached hydrogen (secondary N) is 2. The molecule has 13 heteroatoms. The Hall–Kier alpha value is -5.82. The molecule has 6 amide bonds. The first kappa shape index (κ1) is 45.3. The van der Waals surface area contributed by atoms with Gasteiger partial charge in [0.05, 0.1) is 31.5 Å². The highest BCUT2D eigenvalue weighted by Crippen LogP contribution is 2.29. The number of imide groups is 1. The van der Waals surface area contributed by atoms with E-state index in [1.807, 2.05) is 133 Å². The van der Waals surface area contributed by atoms with Crippen LogP contribution in [0.1, 0.15) is 70.5 Å². The molecule has 5 rings (SSSR count). The number of methoxy groups -OCH3 is 1. The first-order valence-electron chi connectivity index (χ1n) is 20.6. The molecule has 0 radical (unpaired) electrons. The van der Waals surface area contributed by atoms with Crippen molar-refractivity contribution < 1.29 is 29.0 Å². The Morgan fingerprint density at radius 1 is 0.850 bits per heavy atom. The van der Waals surface area contributed by atoms with Crippen molar-refractivity contribution in [3.8, 4) is 11.1 Å². The van der Waals surface area contributed by atoms with Gasteiger partial charge in [-0.1, -0.05) is 108 Å². The molecular weight excluding hydrogens is 759 g/mol. The third-order valence-electron chi connectivity index (χ3n) is 10.5. The van der Waals surface area contributed by atoms with Gasteiger partial charge in [0.2, 0.25) is 5.91 Å². The number of aliphatic hydroxyl groups excluding tert-OH is 1. The molecule has 1 aliphatic heterocycles. The van der Waals surface area contributed by atoms with Gasteiger partial charge in [-0.3, -0.25) is 14.8 Å². The van der Waals surface area contributed by atoms with Crippen LogP contribution in [0.3, 0.4) is 0 Å². The van der Waals surface area contributed by atoms with Gasteiger partial charge in [-0.15, -0.1) is 0 Å². The maximum Gasteiger partial charge on any atom is 0.417 e. The van der Waals surface area contributed by atoms with E-state index in [1.165, 1.54) is 7.11 Å². The lowest BCUT2D eigenvalue weighted by Gasteiger charge is -2.38. The number of ether oxygens (including phenoxy) is 1. The van der Waals surface area contributed by atoms with E-state index < -0.39 is 47.2 Å². The van der Waals surface area contributed by atoms with Gasteiger partial charge >= 0.3 is 18.2 Å². The zero-order valence-corrected chi connectivity index (χ0v) is 36.2. The summed E-state index contributed by atoms with van der Waals surface area (Å²) in [5.41, 5.74) is 4.23. The van der Waals surface area contributed by atoms with Gasteiger partial charge in [0.1, 0.15) is 6.04 Å². The summed E-state index contributed by atoms with van der Waals surface area (Å²) in [4.78, 5) is 68.5. The van der Waals surface area contributed by atoms with Gasteiger partial charge in [-0.25, -0.2) is 19.3 Å². The Bertz CT molecular complexity index is 2050. The van der Waals surface area contributed by atoms with E-state index in [4.69, 9.17) is 4.74 Å². The van der Waals surface area contributed by atoms with E-state index in [0.717, 1.165) is 38.5 Å². The van der Waals surface area contributed by atoms with Gasteiger partial charge in [-0.05, 0) is 77.5 Å². The molecule has 320 valence electrons. The first-order chi connectivity index (χ1) is 28.4. The molecule has 0 bridgehead atoms. The number of hydrogen-bond acceptors (Lipinski definition) is 8. The molecule has 2 aromatic carbocycles. The average Bonchev–Trinajstić information content (AvgIpc) is 3.54. The molecule has 3 heterocycles. The molecule has 3 N–H and O–H groups in total. The number of hydrogen-bond donors (Lipinski definition) is 3. The molecule has 0 spiro atoms. The van der Waals surface area contributed by atoms with Crippen LogP contribution in [0.15, 0.2) is 97.3 Å². The molecule has 4 atom stereocenters. The van der Waals surface area contributed by atoms with Crippen LogP contribution in [0.2, 0.25) is 0 Å². The summed E-state index contributed by atoms with van der Waals surface area (Å²) in [7, 11) is 1.22. The molecule has 13 nitrogen and oxygen atoms in total. The number of aryl methyl sites for hydroxylation is 1. The Labute approximate surface area is 354 Å². The second-order valence-corrected chi connectivity index (χ2v) is 18.0. The van der Waals surface area contributed by atoms with Crippen LogP contribution in [-0.2, 0) is 28.9 Å². The Morgan fingerprint density at radius 3 is 2.17 bits per heavy atom. The SMILES string of the molecule is COC(=O)N(CC(C)(C)C)C(=O)NC(Cc1ccc(-c2cccnc2)cc1)C(O)CC(Cc1ccccc1)NC(=O)C(N1CCN(Cc2cccc(C)n2)C1=O)C(C)(C)C. The van der Waals surface area contributed by atoms with Gasteiger partial charge in [0, 0.05) is 43.8 Å². The highest BCUT2D eigenvalue weighted by Gasteiger charge is 2.44. The Balaban J connectivity index is 1.42. The summed E-state index contributed by atoms with van der Waals surface area (Å²) < 4.78 is 4.99. The molecule has 0 saturated carbocycles. The van der Waals surface area contributed by atoms with E-state index in [9.17, 15) is 24.3 Å². The summed E-state index contributed by atoms with van der Waals surface area (Å²) >= 11 is 0. The van der Waals surface area contributed by atoms with Gasteiger partial charge in [0.15, 0.2) is 0 Å².